The Morgan fingerprint density at radius 1 is 1.39 bits per heavy atom. The first kappa shape index (κ1) is 15.8. The molecule has 0 heterocycles. The van der Waals surface area contributed by atoms with Crippen molar-refractivity contribution in [2.45, 2.75) is 19.9 Å². The molecule has 7 heteroatoms. The molecule has 102 valence electrons. The standard InChI is InChI=1S/C11H16BrClN2O2S/c1-8(2)14-5-6-18(16,17)15-9-3-4-10(12)11(13)7-9/h3-4,7-8,14-15H,5-6H2,1-2H3. The van der Waals surface area contributed by atoms with Gasteiger partial charge in [-0.1, -0.05) is 25.4 Å². The van der Waals surface area contributed by atoms with Crippen molar-refractivity contribution in [1.82, 2.24) is 5.32 Å². The molecule has 0 aliphatic heterocycles. The Balaban J connectivity index is 2.62. The smallest absolute Gasteiger partial charge is 0.233 e. The highest BCUT2D eigenvalue weighted by Gasteiger charge is 2.11. The number of halogens is 2. The van der Waals surface area contributed by atoms with Crippen molar-refractivity contribution < 1.29 is 8.42 Å². The van der Waals surface area contributed by atoms with Gasteiger partial charge in [0.25, 0.3) is 0 Å². The molecule has 0 fully saturated rings. The molecule has 18 heavy (non-hydrogen) atoms. The van der Waals surface area contributed by atoms with Crippen molar-refractivity contribution in [3.63, 3.8) is 0 Å². The van der Waals surface area contributed by atoms with Gasteiger partial charge in [-0.3, -0.25) is 4.72 Å². The van der Waals surface area contributed by atoms with Crippen molar-refractivity contribution in [3.8, 4) is 0 Å². The lowest BCUT2D eigenvalue weighted by molar-refractivity contribution is 0.582. The largest absolute Gasteiger partial charge is 0.313 e. The van der Waals surface area contributed by atoms with Crippen molar-refractivity contribution in [1.29, 1.82) is 0 Å². The number of nitrogens with one attached hydrogen (secondary N) is 2. The van der Waals surface area contributed by atoms with Crippen LogP contribution in [-0.4, -0.2) is 26.8 Å². The van der Waals surface area contributed by atoms with Crippen LogP contribution in [0.2, 0.25) is 5.02 Å². The van der Waals surface area contributed by atoms with Gasteiger partial charge in [0.1, 0.15) is 0 Å². The second-order valence-electron chi connectivity index (χ2n) is 4.16. The lowest BCUT2D eigenvalue weighted by Crippen LogP contribution is -2.30. The number of hydrogen-bond donors (Lipinski definition) is 2. The van der Waals surface area contributed by atoms with Crippen molar-refractivity contribution in [2.24, 2.45) is 0 Å². The van der Waals surface area contributed by atoms with Crippen LogP contribution in [0, 0.1) is 0 Å². The highest BCUT2D eigenvalue weighted by atomic mass is 79.9. The number of benzene rings is 1. The maximum atomic E-state index is 11.8. The molecule has 0 aliphatic rings. The van der Waals surface area contributed by atoms with Gasteiger partial charge in [-0.15, -0.1) is 0 Å². The third-order valence-electron chi connectivity index (χ3n) is 2.12. The lowest BCUT2D eigenvalue weighted by atomic mass is 10.3. The molecule has 2 N–H and O–H groups in total. The zero-order valence-corrected chi connectivity index (χ0v) is 13.4. The number of rotatable bonds is 6. The average molecular weight is 356 g/mol. The van der Waals surface area contributed by atoms with E-state index in [1.807, 2.05) is 13.8 Å². The molecule has 0 aliphatic carbocycles. The first-order valence-corrected chi connectivity index (χ1v) is 8.31. The van der Waals surface area contributed by atoms with Gasteiger partial charge in [0, 0.05) is 17.1 Å². The molecular formula is C11H16BrClN2O2S. The van der Waals surface area contributed by atoms with Crippen LogP contribution in [0.1, 0.15) is 13.8 Å². The molecule has 1 rings (SSSR count). The Hall–Kier alpha value is -0.300. The van der Waals surface area contributed by atoms with Gasteiger partial charge in [-0.05, 0) is 34.1 Å². The van der Waals surface area contributed by atoms with Crippen LogP contribution in [0.3, 0.4) is 0 Å². The van der Waals surface area contributed by atoms with E-state index < -0.39 is 10.0 Å². The van der Waals surface area contributed by atoms with Gasteiger partial charge < -0.3 is 5.32 Å². The van der Waals surface area contributed by atoms with Crippen LogP contribution in [0.4, 0.5) is 5.69 Å². The fourth-order valence-corrected chi connectivity index (χ4v) is 2.67. The second kappa shape index (κ2) is 6.75. The first-order valence-electron chi connectivity index (χ1n) is 5.49. The predicted molar refractivity (Wildman–Crippen MR) is 79.7 cm³/mol. The van der Waals surface area contributed by atoms with Crippen LogP contribution in [-0.2, 0) is 10.0 Å². The zero-order chi connectivity index (χ0) is 13.8. The summed E-state index contributed by atoms with van der Waals surface area (Å²) in [5.41, 5.74) is 0.466. The molecule has 0 saturated carbocycles. The van der Waals surface area contributed by atoms with Crippen LogP contribution >= 0.6 is 27.5 Å². The summed E-state index contributed by atoms with van der Waals surface area (Å²) in [6.45, 7) is 4.35. The molecule has 0 spiro atoms. The SMILES string of the molecule is CC(C)NCCS(=O)(=O)Nc1ccc(Br)c(Cl)c1. The fourth-order valence-electron chi connectivity index (χ4n) is 1.27. The third kappa shape index (κ3) is 5.56. The van der Waals surface area contributed by atoms with E-state index in [9.17, 15) is 8.42 Å². The molecular weight excluding hydrogens is 340 g/mol. The summed E-state index contributed by atoms with van der Waals surface area (Å²) < 4.78 is 26.8. The van der Waals surface area contributed by atoms with Crippen LogP contribution in [0.15, 0.2) is 22.7 Å². The Morgan fingerprint density at radius 2 is 2.06 bits per heavy atom. The van der Waals surface area contributed by atoms with Crippen molar-refractivity contribution in [2.75, 3.05) is 17.0 Å². The fraction of sp³-hybridized carbons (Fsp3) is 0.455. The number of anilines is 1. The van der Waals surface area contributed by atoms with E-state index in [0.29, 0.717) is 17.3 Å². The van der Waals surface area contributed by atoms with E-state index in [2.05, 4.69) is 26.0 Å². The van der Waals surface area contributed by atoms with Gasteiger partial charge in [-0.25, -0.2) is 8.42 Å². The highest BCUT2D eigenvalue weighted by molar-refractivity contribution is 9.10. The second-order valence-corrected chi connectivity index (χ2v) is 7.26. The quantitative estimate of drug-likeness (QED) is 0.825. The van der Waals surface area contributed by atoms with E-state index >= 15 is 0 Å². The van der Waals surface area contributed by atoms with Crippen molar-refractivity contribution in [3.05, 3.63) is 27.7 Å². The van der Waals surface area contributed by atoms with Gasteiger partial charge >= 0.3 is 0 Å². The zero-order valence-electron chi connectivity index (χ0n) is 10.2. The van der Waals surface area contributed by atoms with E-state index in [1.165, 1.54) is 0 Å². The van der Waals surface area contributed by atoms with Crippen LogP contribution < -0.4 is 10.0 Å². The molecule has 0 unspecified atom stereocenters. The van der Waals surface area contributed by atoms with E-state index in [4.69, 9.17) is 11.6 Å². The predicted octanol–water partition coefficient (Wildman–Crippen LogP) is 2.84. The third-order valence-corrected chi connectivity index (χ3v) is 4.64. The molecule has 0 bridgehead atoms. The minimum atomic E-state index is -3.35. The summed E-state index contributed by atoms with van der Waals surface area (Å²) in [6, 6.07) is 5.19. The van der Waals surface area contributed by atoms with E-state index in [-0.39, 0.29) is 11.8 Å². The molecule has 1 aromatic rings. The Bertz CT molecular complexity index is 506. The summed E-state index contributed by atoms with van der Waals surface area (Å²) in [5, 5.41) is 3.52. The average Bonchev–Trinajstić information content (AvgIpc) is 2.22. The molecule has 1 aromatic carbocycles. The maximum absolute atomic E-state index is 11.8. The molecule has 0 saturated heterocycles. The lowest BCUT2D eigenvalue weighted by Gasteiger charge is -2.11. The summed E-state index contributed by atoms with van der Waals surface area (Å²) in [5.74, 6) is 0.0266. The summed E-state index contributed by atoms with van der Waals surface area (Å²) >= 11 is 9.14. The maximum Gasteiger partial charge on any atom is 0.233 e. The minimum absolute atomic E-state index is 0.0266. The molecule has 0 atom stereocenters. The summed E-state index contributed by atoms with van der Waals surface area (Å²) in [7, 11) is -3.35. The van der Waals surface area contributed by atoms with E-state index in [1.54, 1.807) is 18.2 Å². The molecule has 0 amide bonds. The number of sulfonamides is 1. The molecule has 0 aromatic heterocycles. The first-order chi connectivity index (χ1) is 8.30. The normalized spacial score (nSPS) is 11.8. The minimum Gasteiger partial charge on any atom is -0.313 e. The molecule has 0 radical (unpaired) electrons. The van der Waals surface area contributed by atoms with Gasteiger partial charge in [-0.2, -0.15) is 0 Å². The molecule has 4 nitrogen and oxygen atoms in total. The Labute approximate surface area is 121 Å². The van der Waals surface area contributed by atoms with Crippen LogP contribution in [0.5, 0.6) is 0 Å². The van der Waals surface area contributed by atoms with Gasteiger partial charge in [0.15, 0.2) is 0 Å². The monoisotopic (exact) mass is 354 g/mol. The Kier molecular flexibility index (Phi) is 5.91. The summed E-state index contributed by atoms with van der Waals surface area (Å²) in [4.78, 5) is 0. The Morgan fingerprint density at radius 3 is 2.61 bits per heavy atom. The van der Waals surface area contributed by atoms with Gasteiger partial charge in [0.05, 0.1) is 16.5 Å². The van der Waals surface area contributed by atoms with Crippen LogP contribution in [0.25, 0.3) is 0 Å². The summed E-state index contributed by atoms with van der Waals surface area (Å²) in [6.07, 6.45) is 0. The highest BCUT2D eigenvalue weighted by Crippen LogP contribution is 2.25. The number of hydrogen-bond acceptors (Lipinski definition) is 3. The topological polar surface area (TPSA) is 58.2 Å². The van der Waals surface area contributed by atoms with Crippen molar-refractivity contribution >= 4 is 43.2 Å². The van der Waals surface area contributed by atoms with Gasteiger partial charge in [0.2, 0.25) is 10.0 Å². The van der Waals surface area contributed by atoms with E-state index in [0.717, 1.165) is 4.47 Å².